The van der Waals surface area contributed by atoms with Gasteiger partial charge < -0.3 is 20.5 Å². The van der Waals surface area contributed by atoms with Crippen molar-refractivity contribution in [3.8, 4) is 0 Å². The molecule has 0 aliphatic rings. The molecule has 170 valence electrons. The Kier molecular flexibility index (Phi) is 8.77. The SMILES string of the molecule is CCOC(=O)c1ccc(NCSC[C@H](Nc2ccc([N+](=O)[O-])cc2[N+](=O)[O-])C(=O)O)cc1. The van der Waals surface area contributed by atoms with E-state index in [2.05, 4.69) is 10.6 Å². The molecule has 0 unspecified atom stereocenters. The zero-order valence-corrected chi connectivity index (χ0v) is 17.7. The van der Waals surface area contributed by atoms with E-state index in [0.29, 0.717) is 17.1 Å². The van der Waals surface area contributed by atoms with Gasteiger partial charge in [0.25, 0.3) is 11.4 Å². The molecular weight excluding hydrogens is 444 g/mol. The van der Waals surface area contributed by atoms with Gasteiger partial charge in [0.05, 0.1) is 34.0 Å². The number of thioether (sulfide) groups is 1. The van der Waals surface area contributed by atoms with E-state index in [1.54, 1.807) is 31.2 Å². The Labute approximate surface area is 186 Å². The lowest BCUT2D eigenvalue weighted by Gasteiger charge is -2.16. The normalized spacial score (nSPS) is 11.3. The minimum Gasteiger partial charge on any atom is -0.480 e. The number of hydrogen-bond donors (Lipinski definition) is 3. The van der Waals surface area contributed by atoms with Crippen molar-refractivity contribution < 1.29 is 29.3 Å². The Bertz CT molecular complexity index is 999. The van der Waals surface area contributed by atoms with E-state index in [0.717, 1.165) is 18.2 Å². The highest BCUT2D eigenvalue weighted by molar-refractivity contribution is 7.99. The van der Waals surface area contributed by atoms with Crippen LogP contribution in [0.25, 0.3) is 0 Å². The molecule has 0 saturated carbocycles. The molecule has 1 atom stereocenters. The molecule has 0 radical (unpaired) electrons. The van der Waals surface area contributed by atoms with E-state index < -0.39 is 39.2 Å². The first kappa shape index (κ1) is 24.4. The van der Waals surface area contributed by atoms with Crippen LogP contribution < -0.4 is 10.6 Å². The van der Waals surface area contributed by atoms with E-state index in [1.165, 1.54) is 11.8 Å². The Hall–Kier alpha value is -3.87. The second kappa shape index (κ2) is 11.5. The summed E-state index contributed by atoms with van der Waals surface area (Å²) in [6.45, 7) is 1.99. The fourth-order valence-electron chi connectivity index (χ4n) is 2.52. The van der Waals surface area contributed by atoms with Crippen molar-refractivity contribution in [2.24, 2.45) is 0 Å². The molecule has 0 amide bonds. The smallest absolute Gasteiger partial charge is 0.338 e. The standard InChI is InChI=1S/C19H20N4O8S/c1-2-31-19(26)12-3-5-13(6-4-12)20-11-32-10-16(18(24)25)21-15-8-7-14(22(27)28)9-17(15)23(29)30/h3-9,16,20-21H,2,10-11H2,1H3,(H,24,25)/t16-/m0/s1. The average molecular weight is 464 g/mol. The first-order valence-electron chi connectivity index (χ1n) is 9.24. The van der Waals surface area contributed by atoms with Crippen LogP contribution in [0.3, 0.4) is 0 Å². The molecule has 0 aliphatic carbocycles. The van der Waals surface area contributed by atoms with E-state index in [1.807, 2.05) is 0 Å². The number of anilines is 2. The summed E-state index contributed by atoms with van der Waals surface area (Å²) in [6, 6.07) is 8.33. The molecule has 13 heteroatoms. The van der Waals surface area contributed by atoms with Gasteiger partial charge in [-0.2, -0.15) is 0 Å². The third kappa shape index (κ3) is 6.84. The van der Waals surface area contributed by atoms with Crippen molar-refractivity contribution in [1.29, 1.82) is 0 Å². The third-order valence-corrected chi connectivity index (χ3v) is 4.99. The van der Waals surface area contributed by atoms with Crippen LogP contribution in [0.1, 0.15) is 17.3 Å². The highest BCUT2D eigenvalue weighted by Gasteiger charge is 2.24. The summed E-state index contributed by atoms with van der Waals surface area (Å²) in [6.07, 6.45) is 0. The van der Waals surface area contributed by atoms with Crippen molar-refractivity contribution in [1.82, 2.24) is 0 Å². The van der Waals surface area contributed by atoms with E-state index >= 15 is 0 Å². The Morgan fingerprint density at radius 1 is 1.12 bits per heavy atom. The summed E-state index contributed by atoms with van der Waals surface area (Å²) in [7, 11) is 0. The minimum absolute atomic E-state index is 0.0530. The molecule has 32 heavy (non-hydrogen) atoms. The number of aliphatic carboxylic acids is 1. The van der Waals surface area contributed by atoms with E-state index in [4.69, 9.17) is 4.74 Å². The lowest BCUT2D eigenvalue weighted by atomic mass is 10.2. The number of carboxylic acids is 1. The number of rotatable bonds is 12. The molecule has 0 heterocycles. The maximum Gasteiger partial charge on any atom is 0.338 e. The number of carbonyl (C=O) groups excluding carboxylic acids is 1. The number of carbonyl (C=O) groups is 2. The molecule has 0 spiro atoms. The minimum atomic E-state index is -1.23. The fourth-order valence-corrected chi connectivity index (χ4v) is 3.37. The lowest BCUT2D eigenvalue weighted by molar-refractivity contribution is -0.393. The van der Waals surface area contributed by atoms with Gasteiger partial charge >= 0.3 is 11.9 Å². The van der Waals surface area contributed by atoms with Crippen LogP contribution in [0, 0.1) is 20.2 Å². The van der Waals surface area contributed by atoms with Crippen LogP contribution in [0.15, 0.2) is 42.5 Å². The number of hydrogen-bond acceptors (Lipinski definition) is 10. The molecule has 0 aliphatic heterocycles. The predicted molar refractivity (Wildman–Crippen MR) is 118 cm³/mol. The van der Waals surface area contributed by atoms with Crippen LogP contribution in [0.5, 0.6) is 0 Å². The molecule has 2 rings (SSSR count). The van der Waals surface area contributed by atoms with Crippen molar-refractivity contribution in [2.75, 3.05) is 28.9 Å². The molecule has 0 bridgehead atoms. The van der Waals surface area contributed by atoms with Gasteiger partial charge in [-0.15, -0.1) is 11.8 Å². The monoisotopic (exact) mass is 464 g/mol. The second-order valence-electron chi connectivity index (χ2n) is 6.24. The summed E-state index contributed by atoms with van der Waals surface area (Å²) in [5, 5.41) is 37.1. The van der Waals surface area contributed by atoms with Crippen LogP contribution in [0.4, 0.5) is 22.7 Å². The Morgan fingerprint density at radius 3 is 2.38 bits per heavy atom. The maximum absolute atomic E-state index is 11.6. The van der Waals surface area contributed by atoms with Gasteiger partial charge in [0.2, 0.25) is 0 Å². The number of carboxylic acid groups (broad SMARTS) is 1. The Balaban J connectivity index is 1.95. The molecule has 2 aromatic carbocycles. The van der Waals surface area contributed by atoms with Crippen LogP contribution in [-0.4, -0.2) is 51.2 Å². The zero-order chi connectivity index (χ0) is 23.7. The molecule has 0 fully saturated rings. The van der Waals surface area contributed by atoms with Crippen LogP contribution in [0.2, 0.25) is 0 Å². The van der Waals surface area contributed by atoms with Crippen molar-refractivity contribution in [3.05, 3.63) is 68.3 Å². The largest absolute Gasteiger partial charge is 0.480 e. The van der Waals surface area contributed by atoms with Crippen molar-refractivity contribution in [3.63, 3.8) is 0 Å². The number of benzene rings is 2. The number of nitrogens with one attached hydrogen (secondary N) is 2. The van der Waals surface area contributed by atoms with E-state index in [-0.39, 0.29) is 18.0 Å². The summed E-state index contributed by atoms with van der Waals surface area (Å²) >= 11 is 1.22. The molecule has 2 aromatic rings. The summed E-state index contributed by atoms with van der Waals surface area (Å²) in [5.41, 5.74) is -0.0747. The van der Waals surface area contributed by atoms with Crippen molar-refractivity contribution in [2.45, 2.75) is 13.0 Å². The summed E-state index contributed by atoms with van der Waals surface area (Å²) in [5.74, 6) is -1.28. The second-order valence-corrected chi connectivity index (χ2v) is 7.27. The number of non-ortho nitro benzene ring substituents is 1. The van der Waals surface area contributed by atoms with Crippen molar-refractivity contribution >= 4 is 46.5 Å². The van der Waals surface area contributed by atoms with Gasteiger partial charge in [0, 0.05) is 17.5 Å². The quantitative estimate of drug-likeness (QED) is 0.138. The molecular formula is C19H20N4O8S. The first-order chi connectivity index (χ1) is 15.2. The number of nitrogens with zero attached hydrogens (tertiary/aromatic N) is 2. The first-order valence-corrected chi connectivity index (χ1v) is 10.4. The predicted octanol–water partition coefficient (Wildman–Crippen LogP) is 3.35. The zero-order valence-electron chi connectivity index (χ0n) is 16.8. The Morgan fingerprint density at radius 2 is 1.81 bits per heavy atom. The highest BCUT2D eigenvalue weighted by atomic mass is 32.2. The summed E-state index contributed by atoms with van der Waals surface area (Å²) in [4.78, 5) is 43.7. The molecule has 3 N–H and O–H groups in total. The number of nitro groups is 2. The topological polar surface area (TPSA) is 174 Å². The molecule has 0 saturated heterocycles. The number of nitro benzene ring substituents is 2. The van der Waals surface area contributed by atoms with Gasteiger partial charge in [-0.3, -0.25) is 20.2 Å². The molecule has 12 nitrogen and oxygen atoms in total. The van der Waals surface area contributed by atoms with E-state index in [9.17, 15) is 34.9 Å². The van der Waals surface area contributed by atoms with Gasteiger partial charge in [0.1, 0.15) is 11.7 Å². The molecule has 0 aromatic heterocycles. The van der Waals surface area contributed by atoms with Gasteiger partial charge in [-0.25, -0.2) is 9.59 Å². The lowest BCUT2D eigenvalue weighted by Crippen LogP contribution is -2.32. The maximum atomic E-state index is 11.6. The number of ether oxygens (including phenoxy) is 1. The van der Waals surface area contributed by atoms with Gasteiger partial charge in [-0.05, 0) is 37.3 Å². The third-order valence-electron chi connectivity index (χ3n) is 4.08. The number of esters is 1. The van der Waals surface area contributed by atoms with Crippen LogP contribution >= 0.6 is 11.8 Å². The van der Waals surface area contributed by atoms with Gasteiger partial charge in [0.15, 0.2) is 0 Å². The average Bonchev–Trinajstić information content (AvgIpc) is 2.76. The fraction of sp³-hybridized carbons (Fsp3) is 0.263. The summed E-state index contributed by atoms with van der Waals surface area (Å²) < 4.78 is 4.90. The van der Waals surface area contributed by atoms with Crippen LogP contribution in [-0.2, 0) is 9.53 Å². The highest BCUT2D eigenvalue weighted by Crippen LogP contribution is 2.29. The van der Waals surface area contributed by atoms with Gasteiger partial charge in [-0.1, -0.05) is 0 Å².